The Morgan fingerprint density at radius 2 is 1.81 bits per heavy atom. The zero-order chi connectivity index (χ0) is 19.2. The number of aromatic amines is 1. The number of ether oxygens (including phenoxy) is 1. The van der Waals surface area contributed by atoms with Gasteiger partial charge in [-0.1, -0.05) is 67.3 Å². The molecule has 1 aromatic heterocycles. The molecule has 0 saturated heterocycles. The maximum Gasteiger partial charge on any atom is 0.410 e. The molecule has 0 bridgehead atoms. The highest BCUT2D eigenvalue weighted by molar-refractivity contribution is 6.88. The molecule has 0 radical (unpaired) electrons. The van der Waals surface area contributed by atoms with Gasteiger partial charge in [0.15, 0.2) is 0 Å². The van der Waals surface area contributed by atoms with Crippen LogP contribution < -0.4 is 5.19 Å². The van der Waals surface area contributed by atoms with Gasteiger partial charge in [-0.2, -0.15) is 0 Å². The number of hydrogen-bond acceptors (Lipinski definition) is 2. The van der Waals surface area contributed by atoms with Crippen LogP contribution >= 0.6 is 0 Å². The lowest BCUT2D eigenvalue weighted by Crippen LogP contribution is -2.41. The van der Waals surface area contributed by atoms with Crippen molar-refractivity contribution in [3.63, 3.8) is 0 Å². The molecule has 0 aliphatic carbocycles. The number of nitrogens with one attached hydrogen (secondary N) is 1. The van der Waals surface area contributed by atoms with Crippen molar-refractivity contribution in [2.24, 2.45) is 0 Å². The Balaban J connectivity index is 1.85. The monoisotopic (exact) mass is 378 g/mol. The molecule has 1 unspecified atom stereocenters. The number of nitrogens with zero attached hydrogens (tertiary/aromatic N) is 1. The van der Waals surface area contributed by atoms with E-state index >= 15 is 0 Å². The Hall–Kier alpha value is -2.53. The van der Waals surface area contributed by atoms with Gasteiger partial charge in [0.1, 0.15) is 6.04 Å². The smallest absolute Gasteiger partial charge is 0.410 e. The van der Waals surface area contributed by atoms with E-state index in [1.54, 1.807) is 0 Å². The van der Waals surface area contributed by atoms with Gasteiger partial charge in [0.05, 0.1) is 15.2 Å². The summed E-state index contributed by atoms with van der Waals surface area (Å²) in [5.74, 6) is 0. The highest BCUT2D eigenvalue weighted by Crippen LogP contribution is 2.38. The number of aromatic nitrogens is 1. The molecule has 27 heavy (non-hydrogen) atoms. The van der Waals surface area contributed by atoms with Crippen LogP contribution in [0, 0.1) is 0 Å². The largest absolute Gasteiger partial charge is 0.453 e. The first kappa shape index (κ1) is 17.9. The standard InChI is InChI=1S/C22H26N2O2Si/c1-26-22(25)24-14-13-18-17-7-5-6-8-19(17)23-20(18)21(24)15-9-11-16(12-10-15)27(2,3)4/h5-12,21,23H,13-14H2,1-4H3. The number of carbonyl (C=O) groups excluding carboxylic acids is 1. The van der Waals surface area contributed by atoms with Crippen LogP contribution in [0.15, 0.2) is 48.5 Å². The first-order valence-electron chi connectivity index (χ1n) is 9.44. The van der Waals surface area contributed by atoms with E-state index in [0.29, 0.717) is 6.54 Å². The number of H-pyrrole nitrogens is 1. The van der Waals surface area contributed by atoms with Crippen LogP contribution in [0.3, 0.4) is 0 Å². The summed E-state index contributed by atoms with van der Waals surface area (Å²) in [5.41, 5.74) is 4.66. The van der Waals surface area contributed by atoms with Crippen molar-refractivity contribution in [1.82, 2.24) is 9.88 Å². The van der Waals surface area contributed by atoms with Crippen molar-refractivity contribution >= 4 is 30.3 Å². The van der Waals surface area contributed by atoms with Gasteiger partial charge in [-0.15, -0.1) is 0 Å². The normalized spacial score (nSPS) is 17.0. The molecule has 0 spiro atoms. The molecule has 1 aliphatic heterocycles. The van der Waals surface area contributed by atoms with Crippen LogP contribution in [0.1, 0.15) is 22.9 Å². The quantitative estimate of drug-likeness (QED) is 0.671. The van der Waals surface area contributed by atoms with Gasteiger partial charge in [0.2, 0.25) is 0 Å². The molecule has 2 aromatic carbocycles. The molecule has 4 rings (SSSR count). The number of fused-ring (bicyclic) bond motifs is 3. The topological polar surface area (TPSA) is 45.3 Å². The van der Waals surface area contributed by atoms with Crippen LogP contribution in [-0.2, 0) is 11.2 Å². The molecular weight excluding hydrogens is 352 g/mol. The zero-order valence-corrected chi connectivity index (χ0v) is 17.4. The number of hydrogen-bond donors (Lipinski definition) is 1. The molecule has 1 N–H and O–H groups in total. The predicted molar refractivity (Wildman–Crippen MR) is 112 cm³/mol. The van der Waals surface area contributed by atoms with Gasteiger partial charge in [0.25, 0.3) is 0 Å². The highest BCUT2D eigenvalue weighted by Gasteiger charge is 2.35. The number of para-hydroxylation sites is 1. The van der Waals surface area contributed by atoms with E-state index < -0.39 is 8.07 Å². The van der Waals surface area contributed by atoms with Crippen molar-refractivity contribution < 1.29 is 9.53 Å². The second-order valence-electron chi connectivity index (χ2n) is 8.25. The first-order chi connectivity index (χ1) is 12.9. The van der Waals surface area contributed by atoms with Crippen molar-refractivity contribution in [2.45, 2.75) is 32.1 Å². The lowest BCUT2D eigenvalue weighted by molar-refractivity contribution is 0.108. The predicted octanol–water partition coefficient (Wildman–Crippen LogP) is 4.43. The van der Waals surface area contributed by atoms with Crippen LogP contribution in [0.4, 0.5) is 4.79 Å². The molecule has 1 atom stereocenters. The summed E-state index contributed by atoms with van der Waals surface area (Å²) in [5, 5.41) is 2.67. The van der Waals surface area contributed by atoms with Gasteiger partial charge in [-0.05, 0) is 23.6 Å². The molecule has 3 aromatic rings. The van der Waals surface area contributed by atoms with E-state index in [-0.39, 0.29) is 12.1 Å². The lowest BCUT2D eigenvalue weighted by Gasteiger charge is -2.35. The van der Waals surface area contributed by atoms with Gasteiger partial charge in [0, 0.05) is 23.1 Å². The second-order valence-corrected chi connectivity index (χ2v) is 13.3. The maximum atomic E-state index is 12.5. The fourth-order valence-electron chi connectivity index (χ4n) is 4.07. The van der Waals surface area contributed by atoms with Crippen LogP contribution in [0.25, 0.3) is 10.9 Å². The molecule has 2 heterocycles. The van der Waals surface area contributed by atoms with Crippen molar-refractivity contribution in [3.8, 4) is 0 Å². The summed E-state index contributed by atoms with van der Waals surface area (Å²) < 4.78 is 5.09. The van der Waals surface area contributed by atoms with Gasteiger partial charge in [-0.3, -0.25) is 4.90 Å². The van der Waals surface area contributed by atoms with E-state index in [1.807, 2.05) is 11.0 Å². The van der Waals surface area contributed by atoms with E-state index in [2.05, 4.69) is 67.1 Å². The van der Waals surface area contributed by atoms with Crippen LogP contribution in [0.2, 0.25) is 19.6 Å². The summed E-state index contributed by atoms with van der Waals surface area (Å²) in [6.45, 7) is 7.69. The Morgan fingerprint density at radius 3 is 2.48 bits per heavy atom. The van der Waals surface area contributed by atoms with Crippen LogP contribution in [-0.4, -0.2) is 37.7 Å². The summed E-state index contributed by atoms with van der Waals surface area (Å²) in [6.07, 6.45) is 0.552. The van der Waals surface area contributed by atoms with Gasteiger partial charge in [-0.25, -0.2) is 4.79 Å². The van der Waals surface area contributed by atoms with Crippen LogP contribution in [0.5, 0.6) is 0 Å². The summed E-state index contributed by atoms with van der Waals surface area (Å²) in [4.78, 5) is 17.9. The molecule has 5 heteroatoms. The number of amides is 1. The Bertz CT molecular complexity index is 986. The van der Waals surface area contributed by atoms with Gasteiger partial charge >= 0.3 is 6.09 Å². The molecule has 1 amide bonds. The highest BCUT2D eigenvalue weighted by atomic mass is 28.3. The summed E-state index contributed by atoms with van der Waals surface area (Å²) >= 11 is 0. The fraction of sp³-hybridized carbons (Fsp3) is 0.318. The van der Waals surface area contributed by atoms with Crippen molar-refractivity contribution in [2.75, 3.05) is 13.7 Å². The van der Waals surface area contributed by atoms with E-state index in [9.17, 15) is 4.79 Å². The maximum absolute atomic E-state index is 12.5. The summed E-state index contributed by atoms with van der Waals surface area (Å²) in [7, 11) is 0.0902. The van der Waals surface area contributed by atoms with Gasteiger partial charge < -0.3 is 9.72 Å². The van der Waals surface area contributed by atoms with E-state index in [1.165, 1.54) is 23.2 Å². The third kappa shape index (κ3) is 3.06. The van der Waals surface area contributed by atoms with E-state index in [0.717, 1.165) is 23.2 Å². The SMILES string of the molecule is COC(=O)N1CCc2c([nH]c3ccccc23)C1c1ccc([Si](C)(C)C)cc1. The minimum absolute atomic E-state index is 0.149. The van der Waals surface area contributed by atoms with Crippen molar-refractivity contribution in [1.29, 1.82) is 0 Å². The zero-order valence-electron chi connectivity index (χ0n) is 16.4. The average Bonchev–Trinajstić information content (AvgIpc) is 3.04. The third-order valence-electron chi connectivity index (χ3n) is 5.54. The number of benzene rings is 2. The lowest BCUT2D eigenvalue weighted by atomic mass is 9.93. The molecule has 4 nitrogen and oxygen atoms in total. The minimum Gasteiger partial charge on any atom is -0.453 e. The number of carbonyl (C=O) groups is 1. The minimum atomic E-state index is -1.36. The number of rotatable bonds is 2. The third-order valence-corrected chi connectivity index (χ3v) is 7.60. The molecule has 0 fully saturated rings. The first-order valence-corrected chi connectivity index (χ1v) is 12.9. The Labute approximate surface area is 161 Å². The molecule has 140 valence electrons. The number of methoxy groups -OCH3 is 1. The second kappa shape index (κ2) is 6.57. The Kier molecular flexibility index (Phi) is 4.34. The average molecular weight is 379 g/mol. The molecule has 1 aliphatic rings. The summed E-state index contributed by atoms with van der Waals surface area (Å²) in [6, 6.07) is 17.0. The molecular formula is C22H26N2O2Si. The molecule has 0 saturated carbocycles. The van der Waals surface area contributed by atoms with Crippen molar-refractivity contribution in [3.05, 3.63) is 65.4 Å². The fourth-order valence-corrected chi connectivity index (χ4v) is 5.23. The van der Waals surface area contributed by atoms with E-state index in [4.69, 9.17) is 4.74 Å². The Morgan fingerprint density at radius 1 is 1.11 bits per heavy atom.